The third-order valence-corrected chi connectivity index (χ3v) is 3.17. The van der Waals surface area contributed by atoms with E-state index in [-0.39, 0.29) is 0 Å². The highest BCUT2D eigenvalue weighted by atomic mass is 14.9. The zero-order valence-corrected chi connectivity index (χ0v) is 11.1. The Kier molecular flexibility index (Phi) is 2.83. The van der Waals surface area contributed by atoms with Gasteiger partial charge < -0.3 is 15.7 Å². The number of rotatable bonds is 3. The maximum absolute atomic E-state index is 5.65. The molecule has 2 aromatic heterocycles. The summed E-state index contributed by atoms with van der Waals surface area (Å²) in [6.07, 6.45) is 0.802. The van der Waals surface area contributed by atoms with E-state index in [9.17, 15) is 0 Å². The zero-order valence-electron chi connectivity index (χ0n) is 11.1. The van der Waals surface area contributed by atoms with E-state index in [1.165, 1.54) is 0 Å². The summed E-state index contributed by atoms with van der Waals surface area (Å²) in [5.41, 5.74) is 10.8. The number of hydrogen-bond acceptors (Lipinski definition) is 3. The van der Waals surface area contributed by atoms with E-state index in [4.69, 9.17) is 5.73 Å². The number of H-pyrrole nitrogens is 2. The topological polar surface area (TPSA) is 83.4 Å². The minimum atomic E-state index is 0.611. The smallest absolute Gasteiger partial charge is 0.104 e. The van der Waals surface area contributed by atoms with E-state index in [0.717, 1.165) is 46.1 Å². The molecule has 5 nitrogen and oxygen atoms in total. The monoisotopic (exact) mass is 255 g/mol. The van der Waals surface area contributed by atoms with Gasteiger partial charge in [0, 0.05) is 17.7 Å². The van der Waals surface area contributed by atoms with Gasteiger partial charge in [0.25, 0.3) is 0 Å². The Morgan fingerprint density at radius 3 is 2.68 bits per heavy atom. The summed E-state index contributed by atoms with van der Waals surface area (Å²) in [6.45, 7) is 4.53. The molecule has 0 bridgehead atoms. The maximum atomic E-state index is 5.65. The molecule has 0 saturated carbocycles. The van der Waals surface area contributed by atoms with Crippen molar-refractivity contribution in [2.24, 2.45) is 5.73 Å². The number of nitrogens with two attached hydrogens (primary N) is 1. The first kappa shape index (κ1) is 11.9. The van der Waals surface area contributed by atoms with Gasteiger partial charge in [-0.05, 0) is 32.5 Å². The standard InChI is InChI=1S/C14H17N5/c1-8-16-11-4-3-10(7-13(11)18-8)14-12(5-6-15)17-9(2)19-14/h3-4,7H,5-6,15H2,1-2H3,(H,16,18)(H,17,19). The van der Waals surface area contributed by atoms with Gasteiger partial charge in [0.1, 0.15) is 11.6 Å². The number of aryl methyl sites for hydroxylation is 2. The minimum Gasteiger partial charge on any atom is -0.346 e. The number of hydrogen-bond donors (Lipinski definition) is 3. The first-order valence-corrected chi connectivity index (χ1v) is 6.39. The summed E-state index contributed by atoms with van der Waals surface area (Å²) >= 11 is 0. The van der Waals surface area contributed by atoms with Crippen molar-refractivity contribution in [3.05, 3.63) is 35.5 Å². The first-order chi connectivity index (χ1) is 9.17. The van der Waals surface area contributed by atoms with E-state index in [0.29, 0.717) is 6.54 Å². The molecule has 0 saturated heterocycles. The number of imidazole rings is 2. The van der Waals surface area contributed by atoms with Crippen LogP contribution < -0.4 is 5.73 Å². The predicted molar refractivity (Wildman–Crippen MR) is 75.9 cm³/mol. The molecular weight excluding hydrogens is 238 g/mol. The van der Waals surface area contributed by atoms with Gasteiger partial charge in [-0.15, -0.1) is 0 Å². The van der Waals surface area contributed by atoms with Crippen molar-refractivity contribution in [2.45, 2.75) is 20.3 Å². The van der Waals surface area contributed by atoms with E-state index in [1.807, 2.05) is 19.9 Å². The minimum absolute atomic E-state index is 0.611. The summed E-state index contributed by atoms with van der Waals surface area (Å²) in [6, 6.07) is 6.16. The van der Waals surface area contributed by atoms with Gasteiger partial charge in [-0.3, -0.25) is 0 Å². The molecule has 2 heterocycles. The summed E-state index contributed by atoms with van der Waals surface area (Å²) in [7, 11) is 0. The van der Waals surface area contributed by atoms with Crippen LogP contribution in [-0.4, -0.2) is 26.5 Å². The second-order valence-corrected chi connectivity index (χ2v) is 4.74. The Morgan fingerprint density at radius 1 is 1.11 bits per heavy atom. The lowest BCUT2D eigenvalue weighted by Gasteiger charge is -2.01. The molecule has 0 spiro atoms. The van der Waals surface area contributed by atoms with Crippen LogP contribution in [0.3, 0.4) is 0 Å². The Morgan fingerprint density at radius 2 is 1.89 bits per heavy atom. The normalized spacial score (nSPS) is 11.3. The number of fused-ring (bicyclic) bond motifs is 1. The average Bonchev–Trinajstić information content (AvgIpc) is 2.90. The van der Waals surface area contributed by atoms with Gasteiger partial charge in [0.15, 0.2) is 0 Å². The Labute approximate surface area is 111 Å². The Bertz CT molecular complexity index is 723. The number of nitrogens with one attached hydrogen (secondary N) is 2. The van der Waals surface area contributed by atoms with Crippen LogP contribution in [0.25, 0.3) is 22.3 Å². The van der Waals surface area contributed by atoms with Crippen LogP contribution in [0.5, 0.6) is 0 Å². The molecule has 5 heteroatoms. The van der Waals surface area contributed by atoms with E-state index in [1.54, 1.807) is 0 Å². The van der Waals surface area contributed by atoms with Crippen LogP contribution in [0.15, 0.2) is 18.2 Å². The quantitative estimate of drug-likeness (QED) is 0.670. The highest BCUT2D eigenvalue weighted by Gasteiger charge is 2.11. The molecule has 0 aliphatic heterocycles. The Hall–Kier alpha value is -2.14. The fourth-order valence-corrected chi connectivity index (χ4v) is 2.39. The number of nitrogens with zero attached hydrogens (tertiary/aromatic N) is 2. The summed E-state index contributed by atoms with van der Waals surface area (Å²) < 4.78 is 0. The fraction of sp³-hybridized carbons (Fsp3) is 0.286. The van der Waals surface area contributed by atoms with Crippen LogP contribution in [0.4, 0.5) is 0 Å². The summed E-state index contributed by atoms with van der Waals surface area (Å²) in [4.78, 5) is 15.5. The highest BCUT2D eigenvalue weighted by molar-refractivity contribution is 5.81. The molecule has 4 N–H and O–H groups in total. The van der Waals surface area contributed by atoms with Gasteiger partial charge >= 0.3 is 0 Å². The maximum Gasteiger partial charge on any atom is 0.104 e. The van der Waals surface area contributed by atoms with E-state index < -0.39 is 0 Å². The molecule has 0 aliphatic rings. The molecule has 0 fully saturated rings. The van der Waals surface area contributed by atoms with Crippen molar-refractivity contribution in [3.8, 4) is 11.3 Å². The fourth-order valence-electron chi connectivity index (χ4n) is 2.39. The van der Waals surface area contributed by atoms with E-state index >= 15 is 0 Å². The largest absolute Gasteiger partial charge is 0.346 e. The van der Waals surface area contributed by atoms with Gasteiger partial charge in [-0.25, -0.2) is 9.97 Å². The van der Waals surface area contributed by atoms with Crippen LogP contribution in [-0.2, 0) is 6.42 Å². The number of aromatic nitrogens is 4. The predicted octanol–water partition coefficient (Wildman–Crippen LogP) is 2.07. The van der Waals surface area contributed by atoms with Crippen LogP contribution >= 0.6 is 0 Å². The third-order valence-electron chi connectivity index (χ3n) is 3.17. The SMILES string of the molecule is Cc1nc(-c2ccc3nc(C)[nH]c3c2)c(CCN)[nH]1. The van der Waals surface area contributed by atoms with Crippen molar-refractivity contribution in [1.29, 1.82) is 0 Å². The molecule has 3 aromatic rings. The molecule has 0 aliphatic carbocycles. The average molecular weight is 255 g/mol. The molecule has 0 unspecified atom stereocenters. The van der Waals surface area contributed by atoms with Crippen LogP contribution in [0, 0.1) is 13.8 Å². The van der Waals surface area contributed by atoms with Gasteiger partial charge in [0.05, 0.1) is 16.7 Å². The molecule has 98 valence electrons. The lowest BCUT2D eigenvalue weighted by atomic mass is 10.1. The molecule has 0 radical (unpaired) electrons. The van der Waals surface area contributed by atoms with Crippen molar-refractivity contribution in [1.82, 2.24) is 19.9 Å². The zero-order chi connectivity index (χ0) is 13.4. The van der Waals surface area contributed by atoms with Crippen LogP contribution in [0.2, 0.25) is 0 Å². The lowest BCUT2D eigenvalue weighted by Crippen LogP contribution is -2.04. The second-order valence-electron chi connectivity index (χ2n) is 4.74. The second kappa shape index (κ2) is 4.51. The van der Waals surface area contributed by atoms with Gasteiger partial charge in [0.2, 0.25) is 0 Å². The molecule has 3 rings (SSSR count). The molecular formula is C14H17N5. The molecule has 1 aromatic carbocycles. The van der Waals surface area contributed by atoms with Crippen molar-refractivity contribution >= 4 is 11.0 Å². The Balaban J connectivity index is 2.12. The van der Waals surface area contributed by atoms with Crippen molar-refractivity contribution in [2.75, 3.05) is 6.54 Å². The van der Waals surface area contributed by atoms with Gasteiger partial charge in [-0.1, -0.05) is 6.07 Å². The van der Waals surface area contributed by atoms with Crippen molar-refractivity contribution < 1.29 is 0 Å². The molecule has 0 amide bonds. The van der Waals surface area contributed by atoms with Crippen LogP contribution in [0.1, 0.15) is 17.3 Å². The summed E-state index contributed by atoms with van der Waals surface area (Å²) in [5, 5.41) is 0. The first-order valence-electron chi connectivity index (χ1n) is 6.39. The van der Waals surface area contributed by atoms with E-state index in [2.05, 4.69) is 32.1 Å². The molecule has 19 heavy (non-hydrogen) atoms. The summed E-state index contributed by atoms with van der Waals surface area (Å²) in [5.74, 6) is 1.84. The van der Waals surface area contributed by atoms with Crippen molar-refractivity contribution in [3.63, 3.8) is 0 Å². The third kappa shape index (κ3) is 2.13. The van der Waals surface area contributed by atoms with Gasteiger partial charge in [-0.2, -0.15) is 0 Å². The molecule has 0 atom stereocenters. The lowest BCUT2D eigenvalue weighted by molar-refractivity contribution is 0.930. The highest BCUT2D eigenvalue weighted by Crippen LogP contribution is 2.25. The number of aromatic amines is 2. The number of benzene rings is 1.